The fourth-order valence-corrected chi connectivity index (χ4v) is 1.10. The third-order valence-corrected chi connectivity index (χ3v) is 2.10. The standard InChI is InChI=1S/C10H9F6N/c1-5-2-3-6(11)8(7(5)12)17-4-10(15,16)9(13)14/h2-3,9,17H,4H2,1H3. The summed E-state index contributed by atoms with van der Waals surface area (Å²) in [5, 5.41) is 1.66. The molecule has 1 aromatic carbocycles. The van der Waals surface area contributed by atoms with Crippen LogP contribution in [0.3, 0.4) is 0 Å². The van der Waals surface area contributed by atoms with E-state index in [0.717, 1.165) is 12.1 Å². The highest BCUT2D eigenvalue weighted by molar-refractivity contribution is 5.49. The predicted octanol–water partition coefficient (Wildman–Crippen LogP) is 3.59. The highest BCUT2D eigenvalue weighted by atomic mass is 19.3. The average Bonchev–Trinajstić information content (AvgIpc) is 2.23. The summed E-state index contributed by atoms with van der Waals surface area (Å²) in [5.41, 5.74) is -0.806. The van der Waals surface area contributed by atoms with Crippen LogP contribution in [-0.2, 0) is 0 Å². The van der Waals surface area contributed by atoms with E-state index < -0.39 is 36.2 Å². The lowest BCUT2D eigenvalue weighted by atomic mass is 10.2. The Bertz CT molecular complexity index is 404. The summed E-state index contributed by atoms with van der Waals surface area (Å²) >= 11 is 0. The molecule has 0 amide bonds. The molecule has 0 fully saturated rings. The molecule has 96 valence electrons. The highest BCUT2D eigenvalue weighted by Crippen LogP contribution is 2.26. The molecule has 1 aromatic rings. The fraction of sp³-hybridized carbons (Fsp3) is 0.400. The van der Waals surface area contributed by atoms with Crippen LogP contribution in [0.15, 0.2) is 12.1 Å². The van der Waals surface area contributed by atoms with Gasteiger partial charge >= 0.3 is 12.3 Å². The summed E-state index contributed by atoms with van der Waals surface area (Å²) in [7, 11) is 0. The molecule has 17 heavy (non-hydrogen) atoms. The normalized spacial score (nSPS) is 12.0. The van der Waals surface area contributed by atoms with Gasteiger partial charge in [0.2, 0.25) is 0 Å². The molecule has 0 radical (unpaired) electrons. The molecule has 1 N–H and O–H groups in total. The first-order valence-corrected chi connectivity index (χ1v) is 4.60. The minimum Gasteiger partial charge on any atom is -0.374 e. The van der Waals surface area contributed by atoms with Crippen LogP contribution in [0.25, 0.3) is 0 Å². The molecule has 0 saturated carbocycles. The quantitative estimate of drug-likeness (QED) is 0.813. The molecule has 7 heteroatoms. The molecule has 0 aliphatic carbocycles. The second-order valence-electron chi connectivity index (χ2n) is 3.47. The molecule has 0 spiro atoms. The Hall–Kier alpha value is -1.40. The Morgan fingerprint density at radius 3 is 2.35 bits per heavy atom. The van der Waals surface area contributed by atoms with Crippen molar-refractivity contribution < 1.29 is 26.3 Å². The summed E-state index contributed by atoms with van der Waals surface area (Å²) in [6.45, 7) is -0.243. The molecular formula is C10H9F6N. The Kier molecular flexibility index (Phi) is 3.90. The zero-order valence-corrected chi connectivity index (χ0v) is 8.71. The molecule has 0 atom stereocenters. The molecule has 1 nitrogen and oxygen atoms in total. The third kappa shape index (κ3) is 3.04. The van der Waals surface area contributed by atoms with Crippen molar-refractivity contribution in [3.8, 4) is 0 Å². The van der Waals surface area contributed by atoms with Gasteiger partial charge in [0, 0.05) is 0 Å². The molecule has 0 heterocycles. The number of rotatable bonds is 4. The van der Waals surface area contributed by atoms with E-state index in [1.54, 1.807) is 5.32 Å². The van der Waals surface area contributed by atoms with E-state index in [1.165, 1.54) is 6.92 Å². The van der Waals surface area contributed by atoms with Crippen LogP contribution in [0.2, 0.25) is 0 Å². The van der Waals surface area contributed by atoms with Gasteiger partial charge in [-0.05, 0) is 18.6 Å². The fourth-order valence-electron chi connectivity index (χ4n) is 1.10. The van der Waals surface area contributed by atoms with Crippen molar-refractivity contribution in [2.45, 2.75) is 19.3 Å². The number of aryl methyl sites for hydroxylation is 1. The number of anilines is 1. The molecule has 0 saturated heterocycles. The van der Waals surface area contributed by atoms with E-state index in [1.807, 2.05) is 0 Å². The van der Waals surface area contributed by atoms with Crippen molar-refractivity contribution in [3.05, 3.63) is 29.3 Å². The van der Waals surface area contributed by atoms with Gasteiger partial charge in [0.05, 0.1) is 6.54 Å². The van der Waals surface area contributed by atoms with E-state index in [0.29, 0.717) is 0 Å². The molecular weight excluding hydrogens is 248 g/mol. The first-order chi connectivity index (χ1) is 7.75. The lowest BCUT2D eigenvalue weighted by Gasteiger charge is -2.17. The first kappa shape index (κ1) is 13.7. The van der Waals surface area contributed by atoms with E-state index in [4.69, 9.17) is 0 Å². The SMILES string of the molecule is Cc1ccc(F)c(NCC(F)(F)C(F)F)c1F. The van der Waals surface area contributed by atoms with Gasteiger partial charge in [0.15, 0.2) is 5.82 Å². The second kappa shape index (κ2) is 4.85. The third-order valence-electron chi connectivity index (χ3n) is 2.10. The number of alkyl halides is 4. The summed E-state index contributed by atoms with van der Waals surface area (Å²) in [6, 6.07) is 1.97. The molecule has 0 bridgehead atoms. The van der Waals surface area contributed by atoms with Crippen LogP contribution in [0.4, 0.5) is 32.0 Å². The molecule has 0 unspecified atom stereocenters. The van der Waals surface area contributed by atoms with Crippen LogP contribution in [0, 0.1) is 18.6 Å². The Balaban J connectivity index is 2.87. The van der Waals surface area contributed by atoms with Crippen molar-refractivity contribution >= 4 is 5.69 Å². The van der Waals surface area contributed by atoms with Gasteiger partial charge in [-0.25, -0.2) is 17.6 Å². The summed E-state index contributed by atoms with van der Waals surface area (Å²) in [4.78, 5) is 0. The van der Waals surface area contributed by atoms with Gasteiger partial charge in [-0.2, -0.15) is 8.78 Å². The minimum absolute atomic E-state index is 0.0225. The Morgan fingerprint density at radius 1 is 1.24 bits per heavy atom. The van der Waals surface area contributed by atoms with Gasteiger partial charge in [-0.1, -0.05) is 6.07 Å². The lowest BCUT2D eigenvalue weighted by Crippen LogP contribution is -2.35. The summed E-state index contributed by atoms with van der Waals surface area (Å²) in [5.74, 6) is -6.53. The minimum atomic E-state index is -4.34. The van der Waals surface area contributed by atoms with Gasteiger partial charge in [-0.15, -0.1) is 0 Å². The molecule has 0 aliphatic rings. The number of hydrogen-bond donors (Lipinski definition) is 1. The summed E-state index contributed by atoms with van der Waals surface area (Å²) < 4.78 is 75.1. The monoisotopic (exact) mass is 257 g/mol. The topological polar surface area (TPSA) is 12.0 Å². The number of benzene rings is 1. The zero-order chi connectivity index (χ0) is 13.2. The maximum atomic E-state index is 13.3. The van der Waals surface area contributed by atoms with Gasteiger partial charge in [0.1, 0.15) is 11.5 Å². The molecule has 0 aliphatic heterocycles. The van der Waals surface area contributed by atoms with E-state index in [2.05, 4.69) is 0 Å². The van der Waals surface area contributed by atoms with E-state index in [-0.39, 0.29) is 5.56 Å². The van der Waals surface area contributed by atoms with Crippen molar-refractivity contribution in [1.29, 1.82) is 0 Å². The van der Waals surface area contributed by atoms with E-state index >= 15 is 0 Å². The van der Waals surface area contributed by atoms with Crippen molar-refractivity contribution in [2.75, 3.05) is 11.9 Å². The first-order valence-electron chi connectivity index (χ1n) is 4.60. The molecule has 0 aromatic heterocycles. The van der Waals surface area contributed by atoms with Crippen molar-refractivity contribution in [2.24, 2.45) is 0 Å². The van der Waals surface area contributed by atoms with Crippen molar-refractivity contribution in [1.82, 2.24) is 0 Å². The largest absolute Gasteiger partial charge is 0.374 e. The van der Waals surface area contributed by atoms with Gasteiger partial charge in [0.25, 0.3) is 0 Å². The predicted molar refractivity (Wildman–Crippen MR) is 50.5 cm³/mol. The van der Waals surface area contributed by atoms with Crippen molar-refractivity contribution in [3.63, 3.8) is 0 Å². The number of nitrogens with one attached hydrogen (secondary N) is 1. The maximum Gasteiger partial charge on any atom is 0.324 e. The van der Waals surface area contributed by atoms with Gasteiger partial charge < -0.3 is 5.32 Å². The zero-order valence-electron chi connectivity index (χ0n) is 8.71. The summed E-state index contributed by atoms with van der Waals surface area (Å²) in [6.07, 6.45) is -3.90. The van der Waals surface area contributed by atoms with E-state index in [9.17, 15) is 26.3 Å². The number of halogens is 6. The van der Waals surface area contributed by atoms with Gasteiger partial charge in [-0.3, -0.25) is 0 Å². The number of hydrogen-bond acceptors (Lipinski definition) is 1. The lowest BCUT2D eigenvalue weighted by molar-refractivity contribution is -0.117. The Labute approximate surface area is 93.4 Å². The smallest absolute Gasteiger partial charge is 0.324 e. The van der Waals surface area contributed by atoms with Crippen LogP contribution < -0.4 is 5.32 Å². The highest BCUT2D eigenvalue weighted by Gasteiger charge is 2.40. The van der Waals surface area contributed by atoms with Crippen LogP contribution in [0.5, 0.6) is 0 Å². The second-order valence-corrected chi connectivity index (χ2v) is 3.47. The Morgan fingerprint density at radius 2 is 1.82 bits per heavy atom. The average molecular weight is 257 g/mol. The van der Waals surface area contributed by atoms with Crippen LogP contribution >= 0.6 is 0 Å². The van der Waals surface area contributed by atoms with Crippen LogP contribution in [0.1, 0.15) is 5.56 Å². The maximum absolute atomic E-state index is 13.3. The van der Waals surface area contributed by atoms with Crippen LogP contribution in [-0.4, -0.2) is 18.9 Å². The molecule has 1 rings (SSSR count).